The highest BCUT2D eigenvalue weighted by molar-refractivity contribution is 9.10. The van der Waals surface area contributed by atoms with Gasteiger partial charge in [0.2, 0.25) is 0 Å². The number of esters is 1. The maximum atomic E-state index is 13.9. The summed E-state index contributed by atoms with van der Waals surface area (Å²) in [5.74, 6) is -0.869. The number of benzene rings is 3. The van der Waals surface area contributed by atoms with E-state index in [4.69, 9.17) is 14.6 Å². The molecule has 220 valence electrons. The molecule has 0 saturated carbocycles. The number of hydrogen-bond donors (Lipinski definition) is 1. The molecule has 0 unspecified atom stereocenters. The zero-order valence-electron chi connectivity index (χ0n) is 23.5. The highest BCUT2D eigenvalue weighted by atomic mass is 79.9. The summed E-state index contributed by atoms with van der Waals surface area (Å²) in [6.07, 6.45) is 3.78. The fourth-order valence-electron chi connectivity index (χ4n) is 4.67. The number of carboxylic acid groups (broad SMARTS) is 1. The molecule has 1 N–H and O–H groups in total. The van der Waals surface area contributed by atoms with Crippen LogP contribution in [0.3, 0.4) is 0 Å². The molecule has 0 bridgehead atoms. The number of allylic oxidation sites excluding steroid dienone is 1. The van der Waals surface area contributed by atoms with Gasteiger partial charge in [-0.3, -0.25) is 9.36 Å². The Hall–Kier alpha value is -3.93. The summed E-state index contributed by atoms with van der Waals surface area (Å²) in [6.45, 7) is 3.99. The van der Waals surface area contributed by atoms with Crippen LogP contribution >= 0.6 is 39.0 Å². The van der Waals surface area contributed by atoms with Crippen LogP contribution in [0, 0.1) is 0 Å². The number of thiazole rings is 1. The molecular formula is C32H27BrN2O6S2. The zero-order valence-corrected chi connectivity index (χ0v) is 26.7. The molecule has 43 heavy (non-hydrogen) atoms. The summed E-state index contributed by atoms with van der Waals surface area (Å²) in [6, 6.07) is 19.2. The van der Waals surface area contributed by atoms with Crippen molar-refractivity contribution >= 4 is 57.0 Å². The Morgan fingerprint density at radius 3 is 2.47 bits per heavy atom. The lowest BCUT2D eigenvalue weighted by atomic mass is 9.96. The number of hydrogen-bond acceptors (Lipinski definition) is 8. The van der Waals surface area contributed by atoms with E-state index >= 15 is 0 Å². The number of rotatable bonds is 9. The van der Waals surface area contributed by atoms with E-state index in [0.29, 0.717) is 30.8 Å². The van der Waals surface area contributed by atoms with Crippen molar-refractivity contribution < 1.29 is 24.2 Å². The number of halogens is 1. The van der Waals surface area contributed by atoms with E-state index in [1.54, 1.807) is 54.5 Å². The fraction of sp³-hybridized carbons (Fsp3) is 0.188. The second kappa shape index (κ2) is 13.2. The first-order chi connectivity index (χ1) is 20.7. The second-order valence-electron chi connectivity index (χ2n) is 9.56. The lowest BCUT2D eigenvalue weighted by Crippen LogP contribution is -2.39. The zero-order chi connectivity index (χ0) is 30.7. The summed E-state index contributed by atoms with van der Waals surface area (Å²) >= 11 is 6.43. The van der Waals surface area contributed by atoms with Crippen molar-refractivity contribution in [3.05, 3.63) is 124 Å². The number of thioether (sulfide) groups is 1. The Morgan fingerprint density at radius 2 is 1.84 bits per heavy atom. The lowest BCUT2D eigenvalue weighted by molar-refractivity contribution is -0.139. The molecule has 3 aromatic carbocycles. The molecule has 5 rings (SSSR count). The molecule has 1 atom stereocenters. The number of carbonyl (C=O) groups is 2. The number of carboxylic acids is 1. The molecule has 0 fully saturated rings. The van der Waals surface area contributed by atoms with Gasteiger partial charge in [-0.05, 0) is 95.2 Å². The normalized spacial score (nSPS) is 14.7. The fourth-order valence-corrected chi connectivity index (χ4v) is 6.64. The molecular weight excluding hydrogens is 652 g/mol. The standard InChI is InChI=1S/C32H27BrN2O6S2/c1-4-40-31(39)27-18(2)34-32-35(28(27)21-10-12-23(42-3)13-11-21)29(36)26(43-32)16-20-7-14-25(24(33)15-20)41-17-19-5-8-22(9-6-19)30(37)38/h5-16,28H,4,17H2,1-3H3,(H,37,38)/b26-16+/t28-/m0/s1. The summed E-state index contributed by atoms with van der Waals surface area (Å²) < 4.78 is 14.0. The molecule has 0 amide bonds. The summed E-state index contributed by atoms with van der Waals surface area (Å²) in [4.78, 5) is 44.2. The van der Waals surface area contributed by atoms with E-state index in [1.165, 1.54) is 23.5 Å². The molecule has 0 saturated heterocycles. The van der Waals surface area contributed by atoms with Gasteiger partial charge in [-0.25, -0.2) is 14.6 Å². The van der Waals surface area contributed by atoms with Gasteiger partial charge < -0.3 is 14.6 Å². The third kappa shape index (κ3) is 6.53. The van der Waals surface area contributed by atoms with Gasteiger partial charge in [0.05, 0.1) is 38.5 Å². The average Bonchev–Trinajstić information content (AvgIpc) is 3.30. The minimum atomic E-state index is -0.979. The van der Waals surface area contributed by atoms with E-state index in [0.717, 1.165) is 21.6 Å². The molecule has 1 aromatic heterocycles. The number of aromatic carboxylic acids is 1. The van der Waals surface area contributed by atoms with Crippen LogP contribution in [-0.2, 0) is 16.1 Å². The first-order valence-electron chi connectivity index (χ1n) is 13.3. The third-order valence-corrected chi connectivity index (χ3v) is 9.14. The number of ether oxygens (including phenoxy) is 2. The molecule has 1 aliphatic heterocycles. The first kappa shape index (κ1) is 30.5. The predicted octanol–water partition coefficient (Wildman–Crippen LogP) is 5.56. The highest BCUT2D eigenvalue weighted by Gasteiger charge is 2.33. The van der Waals surface area contributed by atoms with E-state index < -0.39 is 18.0 Å². The van der Waals surface area contributed by atoms with Gasteiger partial charge in [0.1, 0.15) is 12.4 Å². The van der Waals surface area contributed by atoms with Crippen molar-refractivity contribution in [3.8, 4) is 5.75 Å². The van der Waals surface area contributed by atoms with Crippen LogP contribution in [0.4, 0.5) is 0 Å². The van der Waals surface area contributed by atoms with Gasteiger partial charge >= 0.3 is 11.9 Å². The minimum Gasteiger partial charge on any atom is -0.488 e. The SMILES string of the molecule is CCOC(=O)C1=C(C)N=c2s/c(=C/c3ccc(OCc4ccc(C(=O)O)cc4)c(Br)c3)c(=O)n2[C@H]1c1ccc(SC)cc1. The number of aromatic nitrogens is 1. The van der Waals surface area contributed by atoms with Crippen molar-refractivity contribution in [2.45, 2.75) is 31.4 Å². The van der Waals surface area contributed by atoms with E-state index in [1.807, 2.05) is 42.7 Å². The van der Waals surface area contributed by atoms with E-state index in [-0.39, 0.29) is 24.3 Å². The van der Waals surface area contributed by atoms with Crippen molar-refractivity contribution in [3.63, 3.8) is 0 Å². The van der Waals surface area contributed by atoms with Gasteiger partial charge in [-0.15, -0.1) is 11.8 Å². The molecule has 0 radical (unpaired) electrons. The van der Waals surface area contributed by atoms with Crippen LogP contribution in [0.25, 0.3) is 6.08 Å². The second-order valence-corrected chi connectivity index (χ2v) is 12.3. The largest absolute Gasteiger partial charge is 0.488 e. The molecule has 2 heterocycles. The molecule has 0 spiro atoms. The van der Waals surface area contributed by atoms with E-state index in [2.05, 4.69) is 20.9 Å². The monoisotopic (exact) mass is 678 g/mol. The number of nitrogens with zero attached hydrogens (tertiary/aromatic N) is 2. The Kier molecular flexibility index (Phi) is 9.34. The van der Waals surface area contributed by atoms with Crippen LogP contribution in [0.2, 0.25) is 0 Å². The molecule has 8 nitrogen and oxygen atoms in total. The highest BCUT2D eigenvalue weighted by Crippen LogP contribution is 2.32. The molecule has 0 aliphatic carbocycles. The van der Waals surface area contributed by atoms with Crippen molar-refractivity contribution in [1.82, 2.24) is 4.57 Å². The molecule has 1 aliphatic rings. The van der Waals surface area contributed by atoms with Crippen LogP contribution in [0.1, 0.15) is 46.9 Å². The Morgan fingerprint density at radius 1 is 1.12 bits per heavy atom. The molecule has 11 heteroatoms. The minimum absolute atomic E-state index is 0.212. The van der Waals surface area contributed by atoms with Gasteiger partial charge in [0.25, 0.3) is 5.56 Å². The summed E-state index contributed by atoms with van der Waals surface area (Å²) in [5.41, 5.74) is 3.23. The topological polar surface area (TPSA) is 107 Å². The Balaban J connectivity index is 1.48. The van der Waals surface area contributed by atoms with Gasteiger partial charge in [0.15, 0.2) is 4.80 Å². The van der Waals surface area contributed by atoms with Crippen LogP contribution in [0.15, 0.2) is 97.2 Å². The lowest BCUT2D eigenvalue weighted by Gasteiger charge is -2.24. The predicted molar refractivity (Wildman–Crippen MR) is 170 cm³/mol. The Bertz CT molecular complexity index is 1910. The first-order valence-corrected chi connectivity index (χ1v) is 16.1. The average molecular weight is 680 g/mol. The smallest absolute Gasteiger partial charge is 0.338 e. The maximum absolute atomic E-state index is 13.9. The molecule has 4 aromatic rings. The van der Waals surface area contributed by atoms with Gasteiger partial charge in [-0.2, -0.15) is 0 Å². The number of carbonyl (C=O) groups excluding carboxylic acids is 1. The van der Waals surface area contributed by atoms with Crippen LogP contribution in [0.5, 0.6) is 5.75 Å². The third-order valence-electron chi connectivity index (χ3n) is 6.80. The quantitative estimate of drug-likeness (QED) is 0.182. The maximum Gasteiger partial charge on any atom is 0.338 e. The van der Waals surface area contributed by atoms with Crippen LogP contribution < -0.4 is 19.6 Å². The number of fused-ring (bicyclic) bond motifs is 1. The Labute approximate surface area is 264 Å². The van der Waals surface area contributed by atoms with Gasteiger partial charge in [-0.1, -0.05) is 41.7 Å². The van der Waals surface area contributed by atoms with Crippen molar-refractivity contribution in [2.75, 3.05) is 12.9 Å². The van der Waals surface area contributed by atoms with Gasteiger partial charge in [0, 0.05) is 4.90 Å². The van der Waals surface area contributed by atoms with E-state index in [9.17, 15) is 14.4 Å². The van der Waals surface area contributed by atoms with Crippen molar-refractivity contribution in [1.29, 1.82) is 0 Å². The summed E-state index contributed by atoms with van der Waals surface area (Å²) in [7, 11) is 0. The van der Waals surface area contributed by atoms with Crippen LogP contribution in [-0.4, -0.2) is 34.5 Å². The van der Waals surface area contributed by atoms with Crippen molar-refractivity contribution in [2.24, 2.45) is 4.99 Å². The summed E-state index contributed by atoms with van der Waals surface area (Å²) in [5, 5.41) is 9.08.